The van der Waals surface area contributed by atoms with Crippen molar-refractivity contribution in [3.8, 4) is 0 Å². The van der Waals surface area contributed by atoms with Gasteiger partial charge in [-0.1, -0.05) is 103 Å². The van der Waals surface area contributed by atoms with Crippen LogP contribution in [-0.4, -0.2) is 6.10 Å². The fourth-order valence-electron chi connectivity index (χ4n) is 5.56. The summed E-state index contributed by atoms with van der Waals surface area (Å²) >= 11 is 0. The van der Waals surface area contributed by atoms with Crippen LogP contribution in [0.15, 0.2) is 121 Å². The molecule has 4 heteroatoms. The molecule has 0 heterocycles. The molecule has 0 aromatic heterocycles. The van der Waals surface area contributed by atoms with Crippen LogP contribution in [0.4, 0.5) is 0 Å². The summed E-state index contributed by atoms with van der Waals surface area (Å²) in [4.78, 5) is 0. The van der Waals surface area contributed by atoms with Crippen LogP contribution >= 0.6 is 17.6 Å². The second-order valence-corrected chi connectivity index (χ2v) is 11.6. The Labute approximate surface area is 212 Å². The maximum Gasteiger partial charge on any atom is 0.198 e. The van der Waals surface area contributed by atoms with Gasteiger partial charge in [0, 0.05) is 5.92 Å². The Bertz CT molecular complexity index is 1090. The molecule has 3 atom stereocenters. The van der Waals surface area contributed by atoms with E-state index in [-0.39, 0.29) is 6.10 Å². The van der Waals surface area contributed by atoms with Gasteiger partial charge in [-0.25, -0.2) is 9.05 Å². The van der Waals surface area contributed by atoms with Gasteiger partial charge in [-0.2, -0.15) is 0 Å². The molecule has 0 N–H and O–H groups in total. The molecular weight excluding hydrogens is 466 g/mol. The summed E-state index contributed by atoms with van der Waals surface area (Å²) in [5.41, 5.74) is 1.97. The Morgan fingerprint density at radius 3 is 1.54 bits per heavy atom. The lowest BCUT2D eigenvalue weighted by Gasteiger charge is -2.41. The van der Waals surface area contributed by atoms with E-state index in [4.69, 9.17) is 9.05 Å². The summed E-state index contributed by atoms with van der Waals surface area (Å²) in [6.07, 6.45) is 4.54. The molecule has 0 aliphatic heterocycles. The summed E-state index contributed by atoms with van der Waals surface area (Å²) in [6, 6.07) is 43.0. The van der Waals surface area contributed by atoms with Crippen LogP contribution in [0.25, 0.3) is 0 Å². The number of hydrogen-bond acceptors (Lipinski definition) is 2. The van der Waals surface area contributed by atoms with Crippen LogP contribution in [0, 0.1) is 5.92 Å². The van der Waals surface area contributed by atoms with Crippen LogP contribution in [0.5, 0.6) is 0 Å². The van der Waals surface area contributed by atoms with Crippen LogP contribution in [-0.2, 0) is 14.6 Å². The van der Waals surface area contributed by atoms with Gasteiger partial charge in [0.2, 0.25) is 0 Å². The predicted molar refractivity (Wildman–Crippen MR) is 153 cm³/mol. The van der Waals surface area contributed by atoms with Gasteiger partial charge in [0.15, 0.2) is 13.7 Å². The molecule has 1 saturated carbocycles. The van der Waals surface area contributed by atoms with Gasteiger partial charge in [0.05, 0.1) is 0 Å². The molecule has 1 fully saturated rings. The van der Waals surface area contributed by atoms with Gasteiger partial charge in [-0.3, -0.25) is 0 Å². The summed E-state index contributed by atoms with van der Waals surface area (Å²) in [6.45, 7) is 0. The van der Waals surface area contributed by atoms with Crippen molar-refractivity contribution < 1.29 is 9.05 Å². The van der Waals surface area contributed by atoms with E-state index in [1.54, 1.807) is 9.47 Å². The largest absolute Gasteiger partial charge is 0.230 e. The van der Waals surface area contributed by atoms with Gasteiger partial charge in [-0.15, -0.1) is 0 Å². The van der Waals surface area contributed by atoms with Crippen molar-refractivity contribution >= 4 is 28.2 Å². The molecule has 35 heavy (non-hydrogen) atoms. The first-order valence-corrected chi connectivity index (χ1v) is 14.5. The molecule has 178 valence electrons. The lowest BCUT2D eigenvalue weighted by atomic mass is 9.69. The average Bonchev–Trinajstić information content (AvgIpc) is 2.95. The van der Waals surface area contributed by atoms with Crippen molar-refractivity contribution in [2.24, 2.45) is 5.92 Å². The topological polar surface area (TPSA) is 18.5 Å². The summed E-state index contributed by atoms with van der Waals surface area (Å²) < 4.78 is 13.6. The smallest absolute Gasteiger partial charge is 0.198 e. The van der Waals surface area contributed by atoms with E-state index >= 15 is 0 Å². The lowest BCUT2D eigenvalue weighted by Crippen LogP contribution is -2.41. The summed E-state index contributed by atoms with van der Waals surface area (Å²) in [5, 5.41) is 2.60. The van der Waals surface area contributed by atoms with Crippen molar-refractivity contribution in [2.75, 3.05) is 0 Å². The van der Waals surface area contributed by atoms with Gasteiger partial charge < -0.3 is 0 Å². The molecule has 2 nitrogen and oxygen atoms in total. The minimum absolute atomic E-state index is 0.202. The Hall–Kier alpha value is -2.34. The highest BCUT2D eigenvalue weighted by molar-refractivity contribution is 7.68. The quantitative estimate of drug-likeness (QED) is 0.247. The van der Waals surface area contributed by atoms with Crippen molar-refractivity contribution in [2.45, 2.75) is 37.4 Å². The minimum Gasteiger partial charge on any atom is -0.230 e. The first-order chi connectivity index (χ1) is 17.3. The fourth-order valence-corrected chi connectivity index (χ4v) is 8.28. The maximum absolute atomic E-state index is 7.05. The van der Waals surface area contributed by atoms with E-state index in [0.717, 1.165) is 25.7 Å². The Morgan fingerprint density at radius 1 is 0.629 bits per heavy atom. The van der Waals surface area contributed by atoms with Gasteiger partial charge >= 0.3 is 0 Å². The van der Waals surface area contributed by atoms with Crippen LogP contribution < -0.4 is 10.6 Å². The lowest BCUT2D eigenvalue weighted by molar-refractivity contribution is 0.0110. The molecule has 1 aliphatic carbocycles. The van der Waals surface area contributed by atoms with E-state index in [1.807, 2.05) is 0 Å². The van der Waals surface area contributed by atoms with Gasteiger partial charge in [-0.05, 0) is 54.7 Å². The Morgan fingerprint density at radius 2 is 1.09 bits per heavy atom. The Balaban J connectivity index is 1.48. The van der Waals surface area contributed by atoms with Crippen LogP contribution in [0.2, 0.25) is 0 Å². The van der Waals surface area contributed by atoms with E-state index in [1.165, 1.54) is 21.7 Å². The normalized spacial score (nSPS) is 18.5. The predicted octanol–water partition coefficient (Wildman–Crippen LogP) is 6.82. The van der Waals surface area contributed by atoms with Crippen molar-refractivity contribution in [1.82, 2.24) is 0 Å². The van der Waals surface area contributed by atoms with Gasteiger partial charge in [0.1, 0.15) is 26.2 Å². The standard InChI is InChI=1S/C31H33O2P2/c34-33-31(25-14-5-1-6-15-25,26-16-7-2-8-17-26)27-18-13-19-28(24-27)32-35(29-20-9-3-10-21-29)30-22-11-4-12-23-30/h1-12,14-17,20-23,27-28H,13,18-19,24H2,34H3/q+1/p+1. The van der Waals surface area contributed by atoms with Crippen molar-refractivity contribution in [1.29, 1.82) is 0 Å². The molecular formula is C31H34O2P2+2. The minimum atomic E-state index is -1.34. The molecule has 0 radical (unpaired) electrons. The first-order valence-electron chi connectivity index (χ1n) is 12.5. The number of hydrogen-bond donors (Lipinski definition) is 0. The summed E-state index contributed by atoms with van der Waals surface area (Å²) in [7, 11) is 0.288. The first kappa shape index (κ1) is 24.4. The monoisotopic (exact) mass is 500 g/mol. The molecule has 1 aliphatic rings. The fraction of sp³-hybridized carbons (Fsp3) is 0.226. The van der Waals surface area contributed by atoms with Crippen LogP contribution in [0.3, 0.4) is 0 Å². The third-order valence-electron chi connectivity index (χ3n) is 7.19. The zero-order chi connectivity index (χ0) is 23.9. The third-order valence-corrected chi connectivity index (χ3v) is 9.93. The second-order valence-electron chi connectivity index (χ2n) is 9.28. The summed E-state index contributed by atoms with van der Waals surface area (Å²) in [5.74, 6) is 0.332. The molecule has 4 aromatic rings. The highest BCUT2D eigenvalue weighted by Crippen LogP contribution is 2.50. The van der Waals surface area contributed by atoms with E-state index in [9.17, 15) is 0 Å². The van der Waals surface area contributed by atoms with Gasteiger partial charge in [0.25, 0.3) is 0 Å². The number of rotatable bonds is 8. The molecule has 0 amide bonds. The van der Waals surface area contributed by atoms with E-state index in [0.29, 0.717) is 5.92 Å². The zero-order valence-electron chi connectivity index (χ0n) is 20.1. The van der Waals surface area contributed by atoms with E-state index < -0.39 is 13.7 Å². The van der Waals surface area contributed by atoms with E-state index in [2.05, 4.69) is 121 Å². The van der Waals surface area contributed by atoms with Crippen LogP contribution in [0.1, 0.15) is 36.8 Å². The highest BCUT2D eigenvalue weighted by atomic mass is 31.1. The molecule has 0 spiro atoms. The second kappa shape index (κ2) is 11.6. The molecule has 3 unspecified atom stereocenters. The van der Waals surface area contributed by atoms with Crippen molar-refractivity contribution in [3.05, 3.63) is 132 Å². The molecule has 0 saturated heterocycles. The maximum atomic E-state index is 7.05. The Kier molecular flexibility index (Phi) is 8.07. The SMILES string of the molecule is [PH3+]OC(c1ccccc1)(c1ccccc1)C1CCCC(O[PH+](c2ccccc2)c2ccccc2)C1. The number of benzene rings is 4. The van der Waals surface area contributed by atoms with Crippen molar-refractivity contribution in [3.63, 3.8) is 0 Å². The highest BCUT2D eigenvalue weighted by Gasteiger charge is 2.47. The zero-order valence-corrected chi connectivity index (χ0v) is 22.5. The molecule has 5 rings (SSSR count). The molecule has 0 bridgehead atoms. The average molecular weight is 501 g/mol. The third kappa shape index (κ3) is 5.28. The molecule has 4 aromatic carbocycles.